The molecular formula is C9H10F3NO2S. The van der Waals surface area contributed by atoms with Gasteiger partial charge >= 0.3 is 6.18 Å². The van der Waals surface area contributed by atoms with Crippen molar-refractivity contribution in [1.82, 2.24) is 4.98 Å². The number of hydrogen-bond donors (Lipinski definition) is 0. The lowest BCUT2D eigenvalue weighted by Gasteiger charge is -2.09. The third kappa shape index (κ3) is 2.79. The van der Waals surface area contributed by atoms with Gasteiger partial charge in [-0.1, -0.05) is 6.92 Å². The molecule has 1 rings (SSSR count). The number of aromatic nitrogens is 1. The Balaban J connectivity index is 2.90. The molecule has 0 radical (unpaired) electrons. The fraction of sp³-hybridized carbons (Fsp3) is 0.556. The van der Waals surface area contributed by atoms with Gasteiger partial charge in [-0.25, -0.2) is 4.98 Å². The lowest BCUT2D eigenvalue weighted by molar-refractivity contribution is -0.137. The molecule has 7 heteroatoms. The normalized spacial score (nSPS) is 13.8. The van der Waals surface area contributed by atoms with Gasteiger partial charge in [0.25, 0.3) is 0 Å². The highest BCUT2D eigenvalue weighted by Crippen LogP contribution is 2.32. The van der Waals surface area contributed by atoms with Crippen molar-refractivity contribution in [2.24, 2.45) is 0 Å². The number of carbonyl (C=O) groups excluding carboxylic acids is 1. The zero-order valence-corrected chi connectivity index (χ0v) is 9.48. The molecule has 1 aromatic rings. The van der Waals surface area contributed by atoms with Crippen LogP contribution < -0.4 is 0 Å². The van der Waals surface area contributed by atoms with Gasteiger partial charge in [0.05, 0.1) is 4.88 Å². The molecule has 0 aliphatic heterocycles. The van der Waals surface area contributed by atoms with Crippen molar-refractivity contribution in [3.8, 4) is 0 Å². The van der Waals surface area contributed by atoms with Crippen LogP contribution in [0.1, 0.15) is 28.0 Å². The number of Topliss-reactive ketones (excluding diaryl/α,β-unsaturated/α-hetero) is 1. The first kappa shape index (κ1) is 13.1. The zero-order chi connectivity index (χ0) is 12.3. The van der Waals surface area contributed by atoms with Crippen LogP contribution in [0.5, 0.6) is 0 Å². The lowest BCUT2D eigenvalue weighted by atomic mass is 10.1. The molecule has 3 nitrogen and oxygen atoms in total. The number of ether oxygens (including phenoxy) is 1. The van der Waals surface area contributed by atoms with Gasteiger partial charge in [0.2, 0.25) is 5.78 Å². The number of alkyl halides is 3. The van der Waals surface area contributed by atoms with E-state index in [9.17, 15) is 18.0 Å². The fourth-order valence-electron chi connectivity index (χ4n) is 1.14. The first-order chi connectivity index (χ1) is 7.40. The van der Waals surface area contributed by atoms with Crippen molar-refractivity contribution in [1.29, 1.82) is 0 Å². The first-order valence-electron chi connectivity index (χ1n) is 4.50. The summed E-state index contributed by atoms with van der Waals surface area (Å²) >= 11 is 0.341. The highest BCUT2D eigenvalue weighted by atomic mass is 32.1. The maximum atomic E-state index is 12.2. The lowest BCUT2D eigenvalue weighted by Crippen LogP contribution is -2.21. The van der Waals surface area contributed by atoms with Gasteiger partial charge in [0.15, 0.2) is 5.01 Å². The monoisotopic (exact) mass is 253 g/mol. The Bertz CT molecular complexity index is 371. The van der Waals surface area contributed by atoms with Gasteiger partial charge < -0.3 is 4.74 Å². The molecule has 0 bridgehead atoms. The number of methoxy groups -OCH3 is 1. The SMILES string of the molecule is CCC(OC)C(=O)c1cnc(C(F)(F)F)s1. The third-order valence-electron chi connectivity index (χ3n) is 1.94. The minimum atomic E-state index is -4.50. The number of ketones is 1. The van der Waals surface area contributed by atoms with E-state index < -0.39 is 23.1 Å². The van der Waals surface area contributed by atoms with E-state index in [0.717, 1.165) is 6.20 Å². The summed E-state index contributed by atoms with van der Waals surface area (Å²) in [6.07, 6.45) is -3.86. The van der Waals surface area contributed by atoms with Crippen LogP contribution in [0.4, 0.5) is 13.2 Å². The molecule has 0 N–H and O–H groups in total. The van der Waals surface area contributed by atoms with Gasteiger partial charge in [0.1, 0.15) is 6.10 Å². The summed E-state index contributed by atoms with van der Waals surface area (Å²) in [4.78, 5) is 14.8. The number of hydrogen-bond acceptors (Lipinski definition) is 4. The van der Waals surface area contributed by atoms with Gasteiger partial charge in [-0.15, -0.1) is 11.3 Å². The Morgan fingerprint density at radius 2 is 2.25 bits per heavy atom. The number of halogens is 3. The summed E-state index contributed by atoms with van der Waals surface area (Å²) in [5.74, 6) is -0.460. The Hall–Kier alpha value is -0.950. The molecule has 0 aliphatic carbocycles. The van der Waals surface area contributed by atoms with Crippen LogP contribution in [-0.4, -0.2) is 24.0 Å². The third-order valence-corrected chi connectivity index (χ3v) is 3.00. The van der Waals surface area contributed by atoms with Crippen LogP contribution in [0.3, 0.4) is 0 Å². The number of rotatable bonds is 4. The topological polar surface area (TPSA) is 39.2 Å². The maximum Gasteiger partial charge on any atom is 0.443 e. The van der Waals surface area contributed by atoms with Crippen LogP contribution in [0.2, 0.25) is 0 Å². The predicted molar refractivity (Wildman–Crippen MR) is 52.5 cm³/mol. The van der Waals surface area contributed by atoms with E-state index in [0.29, 0.717) is 17.8 Å². The summed E-state index contributed by atoms with van der Waals surface area (Å²) in [5, 5.41) is -1.01. The minimum absolute atomic E-state index is 0.0268. The smallest absolute Gasteiger partial charge is 0.373 e. The van der Waals surface area contributed by atoms with Crippen molar-refractivity contribution in [2.45, 2.75) is 25.6 Å². The average Bonchev–Trinajstić information content (AvgIpc) is 2.67. The van der Waals surface area contributed by atoms with Gasteiger partial charge in [0, 0.05) is 13.3 Å². The van der Waals surface area contributed by atoms with E-state index >= 15 is 0 Å². The van der Waals surface area contributed by atoms with E-state index in [2.05, 4.69) is 4.98 Å². The number of nitrogens with zero attached hydrogens (tertiary/aromatic N) is 1. The highest BCUT2D eigenvalue weighted by molar-refractivity contribution is 7.13. The second kappa shape index (κ2) is 4.92. The van der Waals surface area contributed by atoms with Crippen LogP contribution in [0.15, 0.2) is 6.20 Å². The van der Waals surface area contributed by atoms with Crippen LogP contribution >= 0.6 is 11.3 Å². The van der Waals surface area contributed by atoms with Crippen LogP contribution in [0.25, 0.3) is 0 Å². The van der Waals surface area contributed by atoms with Crippen molar-refractivity contribution < 1.29 is 22.7 Å². The number of carbonyl (C=O) groups is 1. The minimum Gasteiger partial charge on any atom is -0.373 e. The standard InChI is InChI=1S/C9H10F3NO2S/c1-3-5(15-2)7(14)6-4-13-8(16-6)9(10,11)12/h4-5H,3H2,1-2H3. The van der Waals surface area contributed by atoms with E-state index in [1.165, 1.54) is 7.11 Å². The summed E-state index contributed by atoms with van der Waals surface area (Å²) < 4.78 is 41.6. The number of thiazole rings is 1. The van der Waals surface area contributed by atoms with Crippen molar-refractivity contribution >= 4 is 17.1 Å². The molecule has 0 fully saturated rings. The van der Waals surface area contributed by atoms with Gasteiger partial charge in [-0.05, 0) is 6.42 Å². The van der Waals surface area contributed by atoms with E-state index in [4.69, 9.17) is 4.74 Å². The molecule has 1 aromatic heterocycles. The van der Waals surface area contributed by atoms with Gasteiger partial charge in [-0.2, -0.15) is 13.2 Å². The van der Waals surface area contributed by atoms with Crippen molar-refractivity contribution in [3.63, 3.8) is 0 Å². The summed E-state index contributed by atoms with van der Waals surface area (Å²) in [6.45, 7) is 1.72. The Kier molecular flexibility index (Phi) is 4.03. The summed E-state index contributed by atoms with van der Waals surface area (Å²) in [5.41, 5.74) is 0. The summed E-state index contributed by atoms with van der Waals surface area (Å²) in [6, 6.07) is 0. The molecule has 0 amide bonds. The van der Waals surface area contributed by atoms with E-state index in [1.54, 1.807) is 6.92 Å². The molecule has 90 valence electrons. The zero-order valence-electron chi connectivity index (χ0n) is 8.67. The van der Waals surface area contributed by atoms with E-state index in [-0.39, 0.29) is 4.88 Å². The first-order valence-corrected chi connectivity index (χ1v) is 5.31. The Labute approximate surface area is 94.3 Å². The second-order valence-electron chi connectivity index (χ2n) is 3.02. The maximum absolute atomic E-state index is 12.2. The molecule has 0 saturated carbocycles. The van der Waals surface area contributed by atoms with Crippen LogP contribution in [0, 0.1) is 0 Å². The van der Waals surface area contributed by atoms with Crippen molar-refractivity contribution in [2.75, 3.05) is 7.11 Å². The Morgan fingerprint density at radius 3 is 2.62 bits per heavy atom. The molecule has 16 heavy (non-hydrogen) atoms. The molecule has 1 unspecified atom stereocenters. The van der Waals surface area contributed by atoms with Crippen molar-refractivity contribution in [3.05, 3.63) is 16.1 Å². The average molecular weight is 253 g/mol. The fourth-order valence-corrected chi connectivity index (χ4v) is 1.90. The van der Waals surface area contributed by atoms with E-state index in [1.807, 2.05) is 0 Å². The largest absolute Gasteiger partial charge is 0.443 e. The Morgan fingerprint density at radius 1 is 1.62 bits per heavy atom. The predicted octanol–water partition coefficient (Wildman–Crippen LogP) is 2.77. The molecule has 0 aliphatic rings. The molecule has 1 heterocycles. The quantitative estimate of drug-likeness (QED) is 0.774. The molecule has 0 spiro atoms. The van der Waals surface area contributed by atoms with Gasteiger partial charge in [-0.3, -0.25) is 4.79 Å². The molecular weight excluding hydrogens is 243 g/mol. The molecule has 0 aromatic carbocycles. The highest BCUT2D eigenvalue weighted by Gasteiger charge is 2.35. The summed E-state index contributed by atoms with van der Waals surface area (Å²) in [7, 11) is 1.35. The molecule has 1 atom stereocenters. The second-order valence-corrected chi connectivity index (χ2v) is 4.05. The molecule has 0 saturated heterocycles. The van der Waals surface area contributed by atoms with Crippen LogP contribution in [-0.2, 0) is 10.9 Å².